The molecule has 0 aliphatic rings. The zero-order valence-corrected chi connectivity index (χ0v) is 13.7. The molecule has 0 aliphatic heterocycles. The number of hydrogen-bond acceptors (Lipinski definition) is 6. The number of aromatic hydroxyl groups is 1. The molecule has 0 spiro atoms. The highest BCUT2D eigenvalue weighted by molar-refractivity contribution is 6.04. The van der Waals surface area contributed by atoms with Gasteiger partial charge in [0, 0.05) is 17.8 Å². The molecule has 0 saturated heterocycles. The van der Waals surface area contributed by atoms with Crippen molar-refractivity contribution in [3.63, 3.8) is 0 Å². The minimum atomic E-state index is -0.0476. The van der Waals surface area contributed by atoms with Crippen molar-refractivity contribution in [2.24, 2.45) is 17.3 Å². The summed E-state index contributed by atoms with van der Waals surface area (Å²) in [4.78, 5) is 7.32. The van der Waals surface area contributed by atoms with E-state index in [1.165, 1.54) is 0 Å². The molecule has 0 fully saturated rings. The predicted molar refractivity (Wildman–Crippen MR) is 97.9 cm³/mol. The SMILES string of the molecule is Cn1c2ccccc2c2nnc(N=Nc3c(O)[nH]c4ccccc34)nc21. The standard InChI is InChI=1S/C18H13N7O/c1-25-13-9-5-3-7-11(13)14-16(25)20-18(23-21-14)24-22-15-10-6-2-4-8-12(10)19-17(15)26/h2-9,19,26H,1H3. The molecule has 0 bridgehead atoms. The maximum absolute atomic E-state index is 10.1. The third kappa shape index (κ3) is 2.05. The molecule has 126 valence electrons. The van der Waals surface area contributed by atoms with E-state index in [0.717, 1.165) is 27.3 Å². The van der Waals surface area contributed by atoms with Crippen LogP contribution in [0.4, 0.5) is 11.6 Å². The number of H-pyrrole nitrogens is 1. The lowest BCUT2D eigenvalue weighted by molar-refractivity contribution is 0.459. The number of para-hydroxylation sites is 2. The second-order valence-corrected chi connectivity index (χ2v) is 5.93. The maximum Gasteiger partial charge on any atom is 0.289 e. The van der Waals surface area contributed by atoms with Crippen molar-refractivity contribution in [2.45, 2.75) is 0 Å². The van der Waals surface area contributed by atoms with E-state index in [0.29, 0.717) is 11.3 Å². The minimum absolute atomic E-state index is 0.0476. The van der Waals surface area contributed by atoms with E-state index in [9.17, 15) is 5.11 Å². The largest absolute Gasteiger partial charge is 0.493 e. The highest BCUT2D eigenvalue weighted by Gasteiger charge is 2.13. The molecule has 3 aromatic heterocycles. The molecule has 0 amide bonds. The van der Waals surface area contributed by atoms with Crippen LogP contribution in [0.25, 0.3) is 33.0 Å². The molecule has 2 N–H and O–H groups in total. The molecule has 5 rings (SSSR count). The Bertz CT molecular complexity index is 1320. The number of aromatic amines is 1. The molecule has 3 heterocycles. The van der Waals surface area contributed by atoms with Crippen molar-refractivity contribution < 1.29 is 5.11 Å². The van der Waals surface area contributed by atoms with Gasteiger partial charge in [0.15, 0.2) is 11.3 Å². The van der Waals surface area contributed by atoms with Gasteiger partial charge in [0.25, 0.3) is 5.95 Å². The third-order valence-electron chi connectivity index (χ3n) is 4.39. The lowest BCUT2D eigenvalue weighted by Gasteiger charge is -1.96. The van der Waals surface area contributed by atoms with Crippen LogP contribution in [-0.4, -0.2) is 29.8 Å². The van der Waals surface area contributed by atoms with Crippen LogP contribution in [0.5, 0.6) is 5.88 Å². The van der Waals surface area contributed by atoms with Gasteiger partial charge in [-0.1, -0.05) is 36.4 Å². The van der Waals surface area contributed by atoms with Gasteiger partial charge in [-0.05, 0) is 12.1 Å². The first-order chi connectivity index (χ1) is 12.7. The summed E-state index contributed by atoms with van der Waals surface area (Å²) in [7, 11) is 1.92. The van der Waals surface area contributed by atoms with Gasteiger partial charge in [0.1, 0.15) is 5.52 Å². The van der Waals surface area contributed by atoms with Crippen molar-refractivity contribution in [1.82, 2.24) is 24.7 Å². The van der Waals surface area contributed by atoms with Crippen LogP contribution < -0.4 is 0 Å². The number of hydrogen-bond donors (Lipinski definition) is 2. The highest BCUT2D eigenvalue weighted by Crippen LogP contribution is 2.35. The molecular weight excluding hydrogens is 330 g/mol. The first kappa shape index (κ1) is 14.5. The zero-order valence-electron chi connectivity index (χ0n) is 13.7. The molecule has 26 heavy (non-hydrogen) atoms. The van der Waals surface area contributed by atoms with Gasteiger partial charge in [-0.3, -0.25) is 0 Å². The Morgan fingerprint density at radius 2 is 1.73 bits per heavy atom. The summed E-state index contributed by atoms with van der Waals surface area (Å²) in [5, 5.41) is 28.3. The average molecular weight is 343 g/mol. The molecule has 5 aromatic rings. The lowest BCUT2D eigenvalue weighted by atomic mass is 10.2. The second kappa shape index (κ2) is 5.35. The van der Waals surface area contributed by atoms with E-state index < -0.39 is 0 Å². The van der Waals surface area contributed by atoms with Gasteiger partial charge in [-0.15, -0.1) is 20.4 Å². The number of benzene rings is 2. The Hall–Kier alpha value is -3.81. The molecule has 8 nitrogen and oxygen atoms in total. The molecule has 0 radical (unpaired) electrons. The van der Waals surface area contributed by atoms with Gasteiger partial charge in [-0.2, -0.15) is 4.98 Å². The van der Waals surface area contributed by atoms with Crippen LogP contribution in [0.3, 0.4) is 0 Å². The summed E-state index contributed by atoms with van der Waals surface area (Å²) in [6, 6.07) is 15.4. The van der Waals surface area contributed by atoms with Crippen molar-refractivity contribution in [1.29, 1.82) is 0 Å². The Kier molecular flexibility index (Phi) is 2.99. The summed E-state index contributed by atoms with van der Waals surface area (Å²) in [6.07, 6.45) is 0. The number of nitrogens with zero attached hydrogens (tertiary/aromatic N) is 6. The van der Waals surface area contributed by atoms with E-state index in [4.69, 9.17) is 0 Å². The molecule has 8 heteroatoms. The summed E-state index contributed by atoms with van der Waals surface area (Å²) in [5.74, 6) is 0.0849. The lowest BCUT2D eigenvalue weighted by Crippen LogP contribution is -1.92. The summed E-state index contributed by atoms with van der Waals surface area (Å²) < 4.78 is 1.95. The van der Waals surface area contributed by atoms with E-state index in [2.05, 4.69) is 30.4 Å². The quantitative estimate of drug-likeness (QED) is 0.470. The fourth-order valence-corrected chi connectivity index (χ4v) is 3.15. The zero-order chi connectivity index (χ0) is 17.7. The number of fused-ring (bicyclic) bond motifs is 4. The average Bonchev–Trinajstić information content (AvgIpc) is 3.14. The maximum atomic E-state index is 10.1. The van der Waals surface area contributed by atoms with Crippen LogP contribution in [0, 0.1) is 0 Å². The van der Waals surface area contributed by atoms with Crippen LogP contribution in [0.1, 0.15) is 0 Å². The Labute approximate surface area is 146 Å². The topological polar surface area (TPSA) is 104 Å². The fourth-order valence-electron chi connectivity index (χ4n) is 3.15. The predicted octanol–water partition coefficient (Wildman–Crippen LogP) is 4.12. The Balaban J connectivity index is 1.63. The molecule has 0 saturated carbocycles. The summed E-state index contributed by atoms with van der Waals surface area (Å²) in [6.45, 7) is 0. The Morgan fingerprint density at radius 1 is 0.962 bits per heavy atom. The van der Waals surface area contributed by atoms with Crippen LogP contribution in [-0.2, 0) is 7.05 Å². The molecular formula is C18H13N7O. The van der Waals surface area contributed by atoms with Crippen LogP contribution >= 0.6 is 0 Å². The van der Waals surface area contributed by atoms with Gasteiger partial charge in [0.05, 0.1) is 11.0 Å². The third-order valence-corrected chi connectivity index (χ3v) is 4.39. The van der Waals surface area contributed by atoms with Crippen molar-refractivity contribution in [3.8, 4) is 5.88 Å². The smallest absolute Gasteiger partial charge is 0.289 e. The number of nitrogens with one attached hydrogen (secondary N) is 1. The van der Waals surface area contributed by atoms with Crippen molar-refractivity contribution >= 4 is 44.6 Å². The summed E-state index contributed by atoms with van der Waals surface area (Å²) in [5.41, 5.74) is 3.55. The fraction of sp³-hybridized carbons (Fsp3) is 0.0556. The normalized spacial score (nSPS) is 12.0. The first-order valence-corrected chi connectivity index (χ1v) is 8.01. The molecule has 0 unspecified atom stereocenters. The van der Waals surface area contributed by atoms with E-state index >= 15 is 0 Å². The van der Waals surface area contributed by atoms with Gasteiger partial charge >= 0.3 is 0 Å². The van der Waals surface area contributed by atoms with E-state index in [-0.39, 0.29) is 11.8 Å². The number of azo groups is 1. The number of aromatic nitrogens is 5. The Morgan fingerprint density at radius 3 is 2.62 bits per heavy atom. The molecule has 0 aliphatic carbocycles. The first-order valence-electron chi connectivity index (χ1n) is 8.01. The second-order valence-electron chi connectivity index (χ2n) is 5.93. The number of aryl methyl sites for hydroxylation is 1. The van der Waals surface area contributed by atoms with Crippen LogP contribution in [0.15, 0.2) is 58.8 Å². The van der Waals surface area contributed by atoms with Crippen molar-refractivity contribution in [3.05, 3.63) is 48.5 Å². The summed E-state index contributed by atoms with van der Waals surface area (Å²) >= 11 is 0. The molecule has 0 atom stereocenters. The monoisotopic (exact) mass is 343 g/mol. The number of rotatable bonds is 2. The van der Waals surface area contributed by atoms with Crippen LogP contribution in [0.2, 0.25) is 0 Å². The van der Waals surface area contributed by atoms with Gasteiger partial charge in [0.2, 0.25) is 5.88 Å². The van der Waals surface area contributed by atoms with E-state index in [1.54, 1.807) is 0 Å². The molecule has 2 aromatic carbocycles. The van der Waals surface area contributed by atoms with E-state index in [1.807, 2.05) is 60.1 Å². The highest BCUT2D eigenvalue weighted by atomic mass is 16.3. The van der Waals surface area contributed by atoms with Gasteiger partial charge in [-0.25, -0.2) is 0 Å². The van der Waals surface area contributed by atoms with Gasteiger partial charge < -0.3 is 14.7 Å². The minimum Gasteiger partial charge on any atom is -0.493 e. The van der Waals surface area contributed by atoms with Crippen molar-refractivity contribution in [2.75, 3.05) is 0 Å².